The van der Waals surface area contributed by atoms with Gasteiger partial charge in [-0.1, -0.05) is 32.1 Å². The molecule has 3 N–H and O–H groups in total. The van der Waals surface area contributed by atoms with E-state index < -0.39 is 24.0 Å². The summed E-state index contributed by atoms with van der Waals surface area (Å²) in [7, 11) is 1.32. The lowest BCUT2D eigenvalue weighted by Gasteiger charge is -2.31. The molecule has 2 atom stereocenters. The average molecular weight is 339 g/mol. The molecular weight excluding hydrogens is 310 g/mol. The van der Waals surface area contributed by atoms with E-state index in [2.05, 4.69) is 10.1 Å². The Hall–Kier alpha value is -1.63. The van der Waals surface area contributed by atoms with Crippen LogP contribution in [0.15, 0.2) is 0 Å². The Bertz CT molecular complexity index is 463. The van der Waals surface area contributed by atoms with Crippen LogP contribution in [0.5, 0.6) is 0 Å². The van der Waals surface area contributed by atoms with E-state index in [0.29, 0.717) is 25.3 Å². The van der Waals surface area contributed by atoms with Crippen LogP contribution in [0.2, 0.25) is 0 Å². The Morgan fingerprint density at radius 1 is 1.17 bits per heavy atom. The number of likely N-dealkylation sites (tertiary alicyclic amines) is 1. The fraction of sp³-hybridized carbons (Fsp3) is 0.824. The third kappa shape index (κ3) is 4.93. The van der Waals surface area contributed by atoms with Crippen LogP contribution in [0.3, 0.4) is 0 Å². The second-order valence-corrected chi connectivity index (χ2v) is 6.84. The highest BCUT2D eigenvalue weighted by Crippen LogP contribution is 2.28. The molecule has 2 fully saturated rings. The zero-order valence-electron chi connectivity index (χ0n) is 14.5. The predicted molar refractivity (Wildman–Crippen MR) is 88.9 cm³/mol. The third-order valence-electron chi connectivity index (χ3n) is 5.18. The first-order valence-corrected chi connectivity index (χ1v) is 8.93. The van der Waals surface area contributed by atoms with Crippen LogP contribution in [-0.4, -0.2) is 55.0 Å². The van der Waals surface area contributed by atoms with Gasteiger partial charge in [0.25, 0.3) is 0 Å². The average Bonchev–Trinajstić information content (AvgIpc) is 3.08. The van der Waals surface area contributed by atoms with E-state index in [-0.39, 0.29) is 12.5 Å². The SMILES string of the molecule is COC(=O)CN[C@H](CC1CCCCC1)C(=O)N1CCC[C@H]1C(N)=O. The molecule has 0 bridgehead atoms. The molecule has 24 heavy (non-hydrogen) atoms. The summed E-state index contributed by atoms with van der Waals surface area (Å²) in [6, 6.07) is -0.988. The van der Waals surface area contributed by atoms with E-state index in [1.165, 1.54) is 26.4 Å². The lowest BCUT2D eigenvalue weighted by atomic mass is 9.84. The monoisotopic (exact) mass is 339 g/mol. The van der Waals surface area contributed by atoms with E-state index in [1.807, 2.05) is 0 Å². The van der Waals surface area contributed by atoms with Crippen molar-refractivity contribution in [2.24, 2.45) is 11.7 Å². The van der Waals surface area contributed by atoms with E-state index in [1.54, 1.807) is 4.90 Å². The molecule has 0 aromatic rings. The van der Waals surface area contributed by atoms with Crippen molar-refractivity contribution in [1.82, 2.24) is 10.2 Å². The third-order valence-corrected chi connectivity index (χ3v) is 5.18. The Morgan fingerprint density at radius 2 is 1.88 bits per heavy atom. The number of nitrogens with one attached hydrogen (secondary N) is 1. The maximum Gasteiger partial charge on any atom is 0.319 e. The topological polar surface area (TPSA) is 102 Å². The number of rotatable bonds is 7. The van der Waals surface area contributed by atoms with Gasteiger partial charge in [-0.15, -0.1) is 0 Å². The Balaban J connectivity index is 2.03. The van der Waals surface area contributed by atoms with Crippen molar-refractivity contribution < 1.29 is 19.1 Å². The van der Waals surface area contributed by atoms with Gasteiger partial charge in [-0.3, -0.25) is 19.7 Å². The molecule has 0 spiro atoms. The van der Waals surface area contributed by atoms with E-state index in [9.17, 15) is 14.4 Å². The number of esters is 1. The maximum absolute atomic E-state index is 12.9. The molecule has 1 saturated carbocycles. The van der Waals surface area contributed by atoms with E-state index in [4.69, 9.17) is 5.73 Å². The minimum Gasteiger partial charge on any atom is -0.468 e. The minimum absolute atomic E-state index is 0.00525. The molecule has 2 amide bonds. The first kappa shape index (κ1) is 18.7. The highest BCUT2D eigenvalue weighted by Gasteiger charge is 2.37. The number of nitrogens with two attached hydrogens (primary N) is 1. The normalized spacial score (nSPS) is 23.0. The van der Waals surface area contributed by atoms with Crippen molar-refractivity contribution >= 4 is 17.8 Å². The molecule has 7 heteroatoms. The molecule has 1 saturated heterocycles. The summed E-state index contributed by atoms with van der Waals surface area (Å²) in [5, 5.41) is 3.04. The number of nitrogens with zero attached hydrogens (tertiary/aromatic N) is 1. The number of hydrogen-bond donors (Lipinski definition) is 2. The van der Waals surface area contributed by atoms with Gasteiger partial charge in [0.1, 0.15) is 6.04 Å². The Labute approximate surface area is 143 Å². The smallest absolute Gasteiger partial charge is 0.319 e. The summed E-state index contributed by atoms with van der Waals surface area (Å²) in [6.07, 6.45) is 7.96. The Kier molecular flexibility index (Phi) is 7.02. The van der Waals surface area contributed by atoms with Gasteiger partial charge in [0, 0.05) is 6.54 Å². The number of hydrogen-bond acceptors (Lipinski definition) is 5. The minimum atomic E-state index is -0.522. The molecule has 0 radical (unpaired) electrons. The van der Waals surface area contributed by atoms with Crippen molar-refractivity contribution in [3.05, 3.63) is 0 Å². The van der Waals surface area contributed by atoms with Gasteiger partial charge in [0.15, 0.2) is 0 Å². The molecule has 1 aliphatic carbocycles. The quantitative estimate of drug-likeness (QED) is 0.660. The Morgan fingerprint density at radius 3 is 2.50 bits per heavy atom. The van der Waals surface area contributed by atoms with Crippen LogP contribution in [0, 0.1) is 5.92 Å². The predicted octanol–water partition coefficient (Wildman–Crippen LogP) is 0.564. The van der Waals surface area contributed by atoms with E-state index >= 15 is 0 Å². The zero-order chi connectivity index (χ0) is 17.5. The molecule has 1 aliphatic heterocycles. The highest BCUT2D eigenvalue weighted by molar-refractivity contribution is 5.90. The van der Waals surface area contributed by atoms with Crippen LogP contribution in [-0.2, 0) is 19.1 Å². The molecule has 136 valence electrons. The summed E-state index contributed by atoms with van der Waals surface area (Å²) in [5.74, 6) is -0.493. The van der Waals surface area contributed by atoms with E-state index in [0.717, 1.165) is 19.3 Å². The first-order chi connectivity index (χ1) is 11.5. The number of primary amides is 1. The number of carbonyl (C=O) groups is 3. The standard InChI is InChI=1S/C17H29N3O4/c1-24-15(21)11-19-13(10-12-6-3-2-4-7-12)17(23)20-9-5-8-14(20)16(18)22/h12-14,19H,2-11H2,1H3,(H2,18,22)/t13-,14+/m1/s1. The van der Waals surface area contributed by atoms with Crippen LogP contribution < -0.4 is 11.1 Å². The van der Waals surface area contributed by atoms with Crippen molar-refractivity contribution in [2.75, 3.05) is 20.2 Å². The molecule has 0 aromatic carbocycles. The largest absolute Gasteiger partial charge is 0.468 e. The molecule has 2 rings (SSSR count). The van der Waals surface area contributed by atoms with Gasteiger partial charge in [0.05, 0.1) is 19.7 Å². The lowest BCUT2D eigenvalue weighted by molar-refractivity contribution is -0.142. The van der Waals surface area contributed by atoms with Crippen LogP contribution in [0.1, 0.15) is 51.4 Å². The number of carbonyl (C=O) groups excluding carboxylic acids is 3. The second-order valence-electron chi connectivity index (χ2n) is 6.84. The molecule has 1 heterocycles. The van der Waals surface area contributed by atoms with Crippen LogP contribution >= 0.6 is 0 Å². The fourth-order valence-corrected chi connectivity index (χ4v) is 3.83. The molecule has 7 nitrogen and oxygen atoms in total. The summed E-state index contributed by atoms with van der Waals surface area (Å²) < 4.78 is 4.65. The molecule has 0 unspecified atom stereocenters. The van der Waals surface area contributed by atoms with Gasteiger partial charge >= 0.3 is 5.97 Å². The summed E-state index contributed by atoms with van der Waals surface area (Å²) in [5.41, 5.74) is 5.43. The van der Waals surface area contributed by atoms with Crippen LogP contribution in [0.25, 0.3) is 0 Å². The number of methoxy groups -OCH3 is 1. The van der Waals surface area contributed by atoms with Gasteiger partial charge in [0.2, 0.25) is 11.8 Å². The summed E-state index contributed by atoms with van der Waals surface area (Å²) >= 11 is 0. The fourth-order valence-electron chi connectivity index (χ4n) is 3.83. The van der Waals surface area contributed by atoms with Crippen molar-refractivity contribution in [3.63, 3.8) is 0 Å². The van der Waals surface area contributed by atoms with Gasteiger partial charge < -0.3 is 15.4 Å². The van der Waals surface area contributed by atoms with Crippen molar-refractivity contribution in [1.29, 1.82) is 0 Å². The highest BCUT2D eigenvalue weighted by atomic mass is 16.5. The molecule has 0 aromatic heterocycles. The van der Waals surface area contributed by atoms with Crippen molar-refractivity contribution in [2.45, 2.75) is 63.5 Å². The van der Waals surface area contributed by atoms with Gasteiger partial charge in [-0.2, -0.15) is 0 Å². The number of ether oxygens (including phenoxy) is 1. The summed E-state index contributed by atoms with van der Waals surface area (Å²) in [4.78, 5) is 37.5. The second kappa shape index (κ2) is 9.01. The molecule has 2 aliphatic rings. The number of amides is 2. The van der Waals surface area contributed by atoms with Gasteiger partial charge in [-0.05, 0) is 25.2 Å². The first-order valence-electron chi connectivity index (χ1n) is 8.93. The summed E-state index contributed by atoms with van der Waals surface area (Å²) in [6.45, 7) is 0.544. The maximum atomic E-state index is 12.9. The van der Waals surface area contributed by atoms with Crippen LogP contribution in [0.4, 0.5) is 0 Å². The molecular formula is C17H29N3O4. The lowest BCUT2D eigenvalue weighted by Crippen LogP contribution is -2.53. The van der Waals surface area contributed by atoms with Gasteiger partial charge in [-0.25, -0.2) is 0 Å². The zero-order valence-corrected chi connectivity index (χ0v) is 14.5. The van der Waals surface area contributed by atoms with Crippen molar-refractivity contribution in [3.8, 4) is 0 Å².